The highest BCUT2D eigenvalue weighted by atomic mass is 19.1. The topological polar surface area (TPSA) is 93.0 Å². The largest absolute Gasteiger partial charge is 0.396 e. The molecule has 6 heteroatoms. The molecule has 2 N–H and O–H groups in total. The van der Waals surface area contributed by atoms with Crippen molar-refractivity contribution in [3.05, 3.63) is 33.6 Å². The zero-order valence-corrected chi connectivity index (χ0v) is 6.32. The van der Waals surface area contributed by atoms with Crippen molar-refractivity contribution in [1.82, 2.24) is 0 Å². The van der Waals surface area contributed by atoms with E-state index >= 15 is 0 Å². The number of nitro groups is 1. The Morgan fingerprint density at radius 1 is 1.62 bits per heavy atom. The third kappa shape index (κ3) is 1.54. The summed E-state index contributed by atoms with van der Waals surface area (Å²) in [5.74, 6) is -0.898. The molecule has 13 heavy (non-hydrogen) atoms. The van der Waals surface area contributed by atoms with Crippen LogP contribution in [0.4, 0.5) is 15.8 Å². The van der Waals surface area contributed by atoms with Gasteiger partial charge in [-0.2, -0.15) is 5.26 Å². The van der Waals surface area contributed by atoms with E-state index in [4.69, 9.17) is 11.0 Å². The molecule has 0 aliphatic rings. The van der Waals surface area contributed by atoms with Gasteiger partial charge in [-0.1, -0.05) is 0 Å². The number of nitrogens with zero attached hydrogens (tertiary/aromatic N) is 2. The Balaban J connectivity index is 3.44. The quantitative estimate of drug-likeness (QED) is 0.400. The van der Waals surface area contributed by atoms with Gasteiger partial charge in [-0.3, -0.25) is 10.1 Å². The van der Waals surface area contributed by atoms with Gasteiger partial charge in [0, 0.05) is 0 Å². The second-order valence-corrected chi connectivity index (χ2v) is 2.26. The van der Waals surface area contributed by atoms with Crippen molar-refractivity contribution in [1.29, 1.82) is 5.26 Å². The van der Waals surface area contributed by atoms with Crippen molar-refractivity contribution in [2.45, 2.75) is 0 Å². The molecule has 0 unspecified atom stereocenters. The first-order valence-electron chi connectivity index (χ1n) is 3.19. The number of hydrogen-bond donors (Lipinski definition) is 1. The van der Waals surface area contributed by atoms with E-state index in [1.54, 1.807) is 6.07 Å². The second-order valence-electron chi connectivity index (χ2n) is 2.26. The third-order valence-corrected chi connectivity index (χ3v) is 1.43. The summed E-state index contributed by atoms with van der Waals surface area (Å²) in [5, 5.41) is 18.7. The number of nitrogens with two attached hydrogens (primary N) is 1. The molecule has 1 rings (SSSR count). The molecule has 0 fully saturated rings. The third-order valence-electron chi connectivity index (χ3n) is 1.43. The summed E-state index contributed by atoms with van der Waals surface area (Å²) in [4.78, 5) is 9.46. The summed E-state index contributed by atoms with van der Waals surface area (Å²) in [6, 6.07) is 3.13. The Morgan fingerprint density at radius 3 is 2.69 bits per heavy atom. The number of hydrogen-bond acceptors (Lipinski definition) is 4. The monoisotopic (exact) mass is 181 g/mol. The van der Waals surface area contributed by atoms with Crippen LogP contribution < -0.4 is 5.73 Å². The van der Waals surface area contributed by atoms with E-state index in [1.165, 1.54) is 0 Å². The molecule has 0 bridgehead atoms. The summed E-state index contributed by atoms with van der Waals surface area (Å²) >= 11 is 0. The van der Waals surface area contributed by atoms with Gasteiger partial charge in [-0.25, -0.2) is 4.39 Å². The number of halogens is 1. The van der Waals surface area contributed by atoms with Crippen molar-refractivity contribution in [2.75, 3.05) is 5.73 Å². The van der Waals surface area contributed by atoms with Crippen LogP contribution in [0.2, 0.25) is 0 Å². The van der Waals surface area contributed by atoms with Gasteiger partial charge in [-0.05, 0) is 6.07 Å². The van der Waals surface area contributed by atoms with Gasteiger partial charge >= 0.3 is 0 Å². The van der Waals surface area contributed by atoms with Crippen LogP contribution in [-0.4, -0.2) is 4.92 Å². The van der Waals surface area contributed by atoms with Crippen LogP contribution in [0.25, 0.3) is 0 Å². The Labute approximate surface area is 72.3 Å². The Kier molecular flexibility index (Phi) is 2.11. The van der Waals surface area contributed by atoms with Gasteiger partial charge in [0.15, 0.2) is 5.82 Å². The smallest absolute Gasteiger partial charge is 0.290 e. The maximum absolute atomic E-state index is 12.7. The fraction of sp³-hybridized carbons (Fsp3) is 0. The van der Waals surface area contributed by atoms with Crippen molar-refractivity contribution < 1.29 is 9.31 Å². The van der Waals surface area contributed by atoms with Crippen LogP contribution in [0.3, 0.4) is 0 Å². The SMILES string of the molecule is N#Cc1cc(N)c(F)cc1[N+](=O)[O-]. The Hall–Kier alpha value is -2.16. The molecule has 0 heterocycles. The molecule has 0 atom stereocenters. The summed E-state index contributed by atoms with van der Waals surface area (Å²) in [6.07, 6.45) is 0. The minimum absolute atomic E-state index is 0.246. The summed E-state index contributed by atoms with van der Waals surface area (Å²) in [5.41, 5.74) is 4.02. The highest BCUT2D eigenvalue weighted by molar-refractivity contribution is 5.57. The lowest BCUT2D eigenvalue weighted by Crippen LogP contribution is -1.97. The number of nitrogen functional groups attached to an aromatic ring is 1. The molecule has 0 aliphatic carbocycles. The predicted molar refractivity (Wildman–Crippen MR) is 42.2 cm³/mol. The van der Waals surface area contributed by atoms with E-state index in [1.807, 2.05) is 0 Å². The van der Waals surface area contributed by atoms with E-state index in [0.717, 1.165) is 6.07 Å². The highest BCUT2D eigenvalue weighted by Crippen LogP contribution is 2.23. The molecule has 0 spiro atoms. The van der Waals surface area contributed by atoms with Gasteiger partial charge in [0.25, 0.3) is 5.69 Å². The van der Waals surface area contributed by atoms with Crippen molar-refractivity contribution in [3.63, 3.8) is 0 Å². The molecule has 0 amide bonds. The molecular weight excluding hydrogens is 177 g/mol. The van der Waals surface area contributed by atoms with E-state index in [9.17, 15) is 14.5 Å². The normalized spacial score (nSPS) is 9.23. The van der Waals surface area contributed by atoms with E-state index in [0.29, 0.717) is 6.07 Å². The molecule has 0 saturated heterocycles. The van der Waals surface area contributed by atoms with Crippen LogP contribution >= 0.6 is 0 Å². The summed E-state index contributed by atoms with van der Waals surface area (Å²) < 4.78 is 12.7. The van der Waals surface area contributed by atoms with Crippen LogP contribution in [-0.2, 0) is 0 Å². The fourth-order valence-electron chi connectivity index (χ4n) is 0.820. The fourth-order valence-corrected chi connectivity index (χ4v) is 0.820. The second kappa shape index (κ2) is 3.06. The molecule has 0 aromatic heterocycles. The molecule has 5 nitrogen and oxygen atoms in total. The number of nitriles is 1. The molecule has 0 aliphatic heterocycles. The number of rotatable bonds is 1. The molecule has 66 valence electrons. The molecule has 0 saturated carbocycles. The number of benzene rings is 1. The van der Waals surface area contributed by atoms with Gasteiger partial charge in [-0.15, -0.1) is 0 Å². The Morgan fingerprint density at radius 2 is 2.23 bits per heavy atom. The zero-order valence-electron chi connectivity index (χ0n) is 6.32. The van der Waals surface area contributed by atoms with Gasteiger partial charge in [0.05, 0.1) is 16.7 Å². The predicted octanol–water partition coefficient (Wildman–Crippen LogP) is 1.19. The molecular formula is C7H4FN3O2. The average molecular weight is 181 g/mol. The van der Waals surface area contributed by atoms with Crippen LogP contribution in [0.15, 0.2) is 12.1 Å². The van der Waals surface area contributed by atoms with Crippen LogP contribution in [0.1, 0.15) is 5.56 Å². The lowest BCUT2D eigenvalue weighted by molar-refractivity contribution is -0.385. The van der Waals surface area contributed by atoms with E-state index in [2.05, 4.69) is 0 Å². The minimum Gasteiger partial charge on any atom is -0.396 e. The molecule has 1 aromatic rings. The molecule has 1 aromatic carbocycles. The molecule has 0 radical (unpaired) electrons. The summed E-state index contributed by atoms with van der Waals surface area (Å²) in [6.45, 7) is 0. The maximum atomic E-state index is 12.7. The average Bonchev–Trinajstić information content (AvgIpc) is 2.08. The highest BCUT2D eigenvalue weighted by Gasteiger charge is 2.16. The maximum Gasteiger partial charge on any atom is 0.290 e. The van der Waals surface area contributed by atoms with Crippen molar-refractivity contribution in [2.24, 2.45) is 0 Å². The van der Waals surface area contributed by atoms with Crippen LogP contribution in [0.5, 0.6) is 0 Å². The first-order chi connectivity index (χ1) is 6.06. The lowest BCUT2D eigenvalue weighted by atomic mass is 10.1. The van der Waals surface area contributed by atoms with Crippen LogP contribution in [0, 0.1) is 27.3 Å². The Bertz CT molecular complexity index is 411. The minimum atomic E-state index is -0.898. The zero-order chi connectivity index (χ0) is 10.0. The van der Waals surface area contributed by atoms with Crippen molar-refractivity contribution in [3.8, 4) is 6.07 Å². The van der Waals surface area contributed by atoms with Crippen molar-refractivity contribution >= 4 is 11.4 Å². The standard InChI is InChI=1S/C7H4FN3O2/c8-5-2-7(11(12)13)4(3-9)1-6(5)10/h1-2H,10H2. The van der Waals surface area contributed by atoms with Gasteiger partial charge in [0.1, 0.15) is 11.6 Å². The van der Waals surface area contributed by atoms with E-state index in [-0.39, 0.29) is 11.3 Å². The first kappa shape index (κ1) is 8.93. The van der Waals surface area contributed by atoms with E-state index < -0.39 is 16.4 Å². The first-order valence-corrected chi connectivity index (χ1v) is 3.19. The van der Waals surface area contributed by atoms with Gasteiger partial charge < -0.3 is 5.73 Å². The number of nitro benzene ring substituents is 1. The summed E-state index contributed by atoms with van der Waals surface area (Å²) in [7, 11) is 0. The lowest BCUT2D eigenvalue weighted by Gasteiger charge is -1.97. The van der Waals surface area contributed by atoms with Gasteiger partial charge in [0.2, 0.25) is 0 Å². The number of anilines is 1.